The normalized spacial score (nSPS) is 12.0. The summed E-state index contributed by atoms with van der Waals surface area (Å²) in [6.07, 6.45) is 5.86. The van der Waals surface area contributed by atoms with Gasteiger partial charge in [0.1, 0.15) is 17.8 Å². The minimum absolute atomic E-state index is 0.00969. The third-order valence-corrected chi connectivity index (χ3v) is 2.88. The van der Waals surface area contributed by atoms with Gasteiger partial charge in [0, 0.05) is 18.0 Å². The van der Waals surface area contributed by atoms with Crippen LogP contribution in [0.4, 0.5) is 4.39 Å². The molecule has 3 rings (SSSR count). The molecule has 9 heteroatoms. The third-order valence-electron chi connectivity index (χ3n) is 2.88. The molecular weight excluding hydrogens is 275 g/mol. The summed E-state index contributed by atoms with van der Waals surface area (Å²) in [5, 5.41) is 8.14. The maximum absolute atomic E-state index is 13.4. The van der Waals surface area contributed by atoms with Crippen molar-refractivity contribution in [3.05, 3.63) is 48.1 Å². The van der Waals surface area contributed by atoms with Crippen LogP contribution >= 0.6 is 0 Å². The van der Waals surface area contributed by atoms with Crippen LogP contribution in [0.2, 0.25) is 0 Å². The van der Waals surface area contributed by atoms with Crippen molar-refractivity contribution in [1.82, 2.24) is 24.7 Å². The van der Waals surface area contributed by atoms with Crippen molar-refractivity contribution >= 4 is 16.9 Å². The number of hydrogen-bond acceptors (Lipinski definition) is 6. The van der Waals surface area contributed by atoms with Gasteiger partial charge in [-0.3, -0.25) is 0 Å². The summed E-state index contributed by atoms with van der Waals surface area (Å²) in [7, 11) is 0. The minimum atomic E-state index is -0.490. The lowest BCUT2D eigenvalue weighted by atomic mass is 10.2. The molecule has 0 saturated heterocycles. The van der Waals surface area contributed by atoms with Crippen molar-refractivity contribution in [3.63, 3.8) is 0 Å². The molecule has 0 atom stereocenters. The Morgan fingerprint density at radius 3 is 2.76 bits per heavy atom. The van der Waals surface area contributed by atoms with Crippen molar-refractivity contribution in [3.8, 4) is 0 Å². The Labute approximate surface area is 118 Å². The minimum Gasteiger partial charge on any atom is -0.380 e. The van der Waals surface area contributed by atoms with E-state index in [1.807, 2.05) is 0 Å². The second-order valence-corrected chi connectivity index (χ2v) is 4.29. The van der Waals surface area contributed by atoms with Crippen LogP contribution in [0.25, 0.3) is 11.0 Å². The molecule has 3 heterocycles. The number of nitrogens with two attached hydrogens (primary N) is 2. The van der Waals surface area contributed by atoms with Crippen molar-refractivity contribution in [2.75, 3.05) is 0 Å². The van der Waals surface area contributed by atoms with Crippen molar-refractivity contribution < 1.29 is 4.39 Å². The first kappa shape index (κ1) is 12.9. The zero-order valence-corrected chi connectivity index (χ0v) is 10.8. The summed E-state index contributed by atoms with van der Waals surface area (Å²) < 4.78 is 15.0. The first-order valence-corrected chi connectivity index (χ1v) is 5.98. The summed E-state index contributed by atoms with van der Waals surface area (Å²) in [6.45, 7) is 0.369. The Balaban J connectivity index is 2.15. The van der Waals surface area contributed by atoms with Crippen LogP contribution < -0.4 is 11.6 Å². The van der Waals surface area contributed by atoms with Gasteiger partial charge in [-0.25, -0.2) is 24.0 Å². The molecule has 0 spiro atoms. The highest BCUT2D eigenvalue weighted by molar-refractivity contribution is 6.06. The van der Waals surface area contributed by atoms with E-state index in [0.717, 1.165) is 11.8 Å². The number of hydrazone groups is 1. The molecule has 8 nitrogen and oxygen atoms in total. The maximum atomic E-state index is 13.4. The molecule has 4 N–H and O–H groups in total. The van der Waals surface area contributed by atoms with Gasteiger partial charge in [0.05, 0.1) is 18.1 Å². The van der Waals surface area contributed by atoms with Gasteiger partial charge < -0.3 is 11.6 Å². The van der Waals surface area contributed by atoms with Gasteiger partial charge >= 0.3 is 0 Å². The molecule has 0 aliphatic heterocycles. The van der Waals surface area contributed by atoms with E-state index in [1.54, 1.807) is 17.1 Å². The third kappa shape index (κ3) is 2.36. The van der Waals surface area contributed by atoms with Crippen molar-refractivity contribution in [2.45, 2.75) is 6.54 Å². The summed E-state index contributed by atoms with van der Waals surface area (Å²) in [4.78, 5) is 11.9. The molecule has 21 heavy (non-hydrogen) atoms. The van der Waals surface area contributed by atoms with E-state index in [-0.39, 0.29) is 11.5 Å². The second kappa shape index (κ2) is 5.12. The van der Waals surface area contributed by atoms with Crippen LogP contribution in [0.1, 0.15) is 11.3 Å². The van der Waals surface area contributed by atoms with E-state index in [0.29, 0.717) is 17.6 Å². The standard InChI is InChI=1S/C12H11FN8/c13-8-1-9-10(11(14)19-15)20-21(12(9)18-4-8)5-7-2-16-6-17-3-7/h1-4,6H,5,15H2,(H2,14,19). The molecule has 0 saturated carbocycles. The molecular formula is C12H11FN8. The van der Waals surface area contributed by atoms with Gasteiger partial charge in [-0.15, -0.1) is 0 Å². The van der Waals surface area contributed by atoms with Gasteiger partial charge in [0.2, 0.25) is 0 Å². The zero-order chi connectivity index (χ0) is 14.8. The predicted molar refractivity (Wildman–Crippen MR) is 73.5 cm³/mol. The number of hydrogen-bond donors (Lipinski definition) is 2. The molecule has 0 fully saturated rings. The number of amidine groups is 1. The molecule has 0 aliphatic carbocycles. The summed E-state index contributed by atoms with van der Waals surface area (Å²) in [5.41, 5.74) is 7.28. The molecule has 0 radical (unpaired) electrons. The predicted octanol–water partition coefficient (Wildman–Crippen LogP) is -0.0123. The Kier molecular flexibility index (Phi) is 3.14. The number of rotatable bonds is 3. The molecule has 3 aromatic heterocycles. The molecule has 0 unspecified atom stereocenters. The first-order chi connectivity index (χ1) is 10.2. The highest BCUT2D eigenvalue weighted by Crippen LogP contribution is 2.18. The van der Waals surface area contributed by atoms with Crippen molar-refractivity contribution in [2.24, 2.45) is 16.7 Å². The van der Waals surface area contributed by atoms with E-state index in [9.17, 15) is 4.39 Å². The van der Waals surface area contributed by atoms with E-state index in [1.165, 1.54) is 12.4 Å². The fraction of sp³-hybridized carbons (Fsp3) is 0.0833. The lowest BCUT2D eigenvalue weighted by Crippen LogP contribution is -2.17. The van der Waals surface area contributed by atoms with Gasteiger partial charge in [0.15, 0.2) is 11.5 Å². The highest BCUT2D eigenvalue weighted by Gasteiger charge is 2.16. The van der Waals surface area contributed by atoms with Crippen molar-refractivity contribution in [1.29, 1.82) is 0 Å². The molecule has 0 aliphatic rings. The Hall–Kier alpha value is -3.10. The smallest absolute Gasteiger partial charge is 0.171 e. The average Bonchev–Trinajstić information content (AvgIpc) is 2.85. The van der Waals surface area contributed by atoms with Crippen LogP contribution in [-0.2, 0) is 6.54 Å². The fourth-order valence-corrected chi connectivity index (χ4v) is 1.98. The maximum Gasteiger partial charge on any atom is 0.171 e. The highest BCUT2D eigenvalue weighted by atomic mass is 19.1. The van der Waals surface area contributed by atoms with Crippen LogP contribution in [-0.4, -0.2) is 30.6 Å². The van der Waals surface area contributed by atoms with Crippen LogP contribution in [0, 0.1) is 5.82 Å². The van der Waals surface area contributed by atoms with Crippen LogP contribution in [0.5, 0.6) is 0 Å². The Bertz CT molecular complexity index is 811. The lowest BCUT2D eigenvalue weighted by Gasteiger charge is -2.01. The molecule has 0 amide bonds. The largest absolute Gasteiger partial charge is 0.380 e. The molecule has 0 aromatic carbocycles. The topological polar surface area (TPSA) is 121 Å². The number of pyridine rings is 1. The van der Waals surface area contributed by atoms with Gasteiger partial charge in [-0.2, -0.15) is 10.2 Å². The van der Waals surface area contributed by atoms with E-state index < -0.39 is 5.82 Å². The van der Waals surface area contributed by atoms with Crippen LogP contribution in [0.3, 0.4) is 0 Å². The molecule has 0 bridgehead atoms. The number of halogens is 1. The average molecular weight is 286 g/mol. The first-order valence-electron chi connectivity index (χ1n) is 5.98. The summed E-state index contributed by atoms with van der Waals surface area (Å²) in [5.74, 6) is 4.69. The Morgan fingerprint density at radius 2 is 2.05 bits per heavy atom. The second-order valence-electron chi connectivity index (χ2n) is 4.29. The van der Waals surface area contributed by atoms with E-state index in [2.05, 4.69) is 25.2 Å². The van der Waals surface area contributed by atoms with E-state index >= 15 is 0 Å². The van der Waals surface area contributed by atoms with Crippen LogP contribution in [0.15, 0.2) is 36.1 Å². The summed E-state index contributed by atoms with van der Waals surface area (Å²) >= 11 is 0. The Morgan fingerprint density at radius 1 is 1.29 bits per heavy atom. The van der Waals surface area contributed by atoms with Gasteiger partial charge in [0.25, 0.3) is 0 Å². The number of nitrogens with zero attached hydrogens (tertiary/aromatic N) is 6. The number of aromatic nitrogens is 5. The zero-order valence-electron chi connectivity index (χ0n) is 10.8. The molecule has 3 aromatic rings. The summed E-state index contributed by atoms with van der Waals surface area (Å²) in [6, 6.07) is 1.29. The van der Waals surface area contributed by atoms with Gasteiger partial charge in [-0.1, -0.05) is 0 Å². The SMILES string of the molecule is N/N=C(\N)c1nn(Cc2cncnc2)c2ncc(F)cc12. The fourth-order valence-electron chi connectivity index (χ4n) is 1.98. The lowest BCUT2D eigenvalue weighted by molar-refractivity contribution is 0.622. The van der Waals surface area contributed by atoms with E-state index in [4.69, 9.17) is 11.6 Å². The quantitative estimate of drug-likeness (QED) is 0.302. The molecule has 106 valence electrons. The monoisotopic (exact) mass is 286 g/mol. The number of fused-ring (bicyclic) bond motifs is 1. The van der Waals surface area contributed by atoms with Gasteiger partial charge in [-0.05, 0) is 6.07 Å².